The minimum atomic E-state index is -0.0458. The summed E-state index contributed by atoms with van der Waals surface area (Å²) in [5, 5.41) is 2.95. The number of aliphatic imine (C=N–C) groups is 1. The predicted octanol–water partition coefficient (Wildman–Crippen LogP) is 3.46. The molecule has 1 atom stereocenters. The average molecular weight is 312 g/mol. The van der Waals surface area contributed by atoms with Crippen LogP contribution in [0.1, 0.15) is 52.4 Å². The molecule has 0 radical (unpaired) electrons. The Balaban J connectivity index is 1.75. The maximum atomic E-state index is 12.1. The van der Waals surface area contributed by atoms with Crippen LogP contribution in [0, 0.1) is 11.8 Å². The fourth-order valence-corrected chi connectivity index (χ4v) is 3.82. The standard InChI is InChI=1S/C19H24N2O2/c1-3-15-12(2)16-9-8-14(11-17(16)21-19(15)23)20-18(22)10-13-6-4-5-7-13/h8-9,11,13,16H,3-7,10H2,1-2H3,(H,21,23). The van der Waals surface area contributed by atoms with Crippen LogP contribution in [0.15, 0.2) is 40.1 Å². The molecule has 0 spiro atoms. The van der Waals surface area contributed by atoms with Crippen molar-refractivity contribution in [2.24, 2.45) is 16.8 Å². The van der Waals surface area contributed by atoms with Gasteiger partial charge in [-0.05, 0) is 44.3 Å². The Morgan fingerprint density at radius 2 is 2.09 bits per heavy atom. The van der Waals surface area contributed by atoms with Crippen LogP contribution >= 0.6 is 0 Å². The smallest absolute Gasteiger partial charge is 0.251 e. The van der Waals surface area contributed by atoms with Gasteiger partial charge in [0.2, 0.25) is 5.91 Å². The molecule has 0 aromatic heterocycles. The van der Waals surface area contributed by atoms with E-state index in [0.717, 1.165) is 36.1 Å². The number of allylic oxidation sites excluding steroid dienone is 3. The summed E-state index contributed by atoms with van der Waals surface area (Å²) in [5.74, 6) is 0.535. The molecule has 1 heterocycles. The average Bonchev–Trinajstić information content (AvgIpc) is 3.00. The zero-order valence-electron chi connectivity index (χ0n) is 13.9. The van der Waals surface area contributed by atoms with Crippen LogP contribution in [-0.2, 0) is 9.59 Å². The van der Waals surface area contributed by atoms with Crippen molar-refractivity contribution < 1.29 is 9.59 Å². The number of hydrogen-bond acceptors (Lipinski definition) is 2. The number of carbonyl (C=O) groups excluding carboxylic acids is 2. The molecule has 0 bridgehead atoms. The van der Waals surface area contributed by atoms with Gasteiger partial charge < -0.3 is 5.32 Å². The summed E-state index contributed by atoms with van der Waals surface area (Å²) in [4.78, 5) is 28.4. The van der Waals surface area contributed by atoms with E-state index in [1.54, 1.807) is 0 Å². The Kier molecular flexibility index (Phi) is 4.60. The van der Waals surface area contributed by atoms with Gasteiger partial charge in [0.1, 0.15) is 0 Å². The summed E-state index contributed by atoms with van der Waals surface area (Å²) in [6, 6.07) is 0. The molecule has 0 saturated heterocycles. The normalized spacial score (nSPS) is 26.3. The van der Waals surface area contributed by atoms with Gasteiger partial charge in [-0.25, -0.2) is 4.99 Å². The summed E-state index contributed by atoms with van der Waals surface area (Å²) < 4.78 is 0. The summed E-state index contributed by atoms with van der Waals surface area (Å²) in [5.41, 5.74) is 3.43. The predicted molar refractivity (Wildman–Crippen MR) is 90.9 cm³/mol. The van der Waals surface area contributed by atoms with Crippen molar-refractivity contribution in [3.05, 3.63) is 35.1 Å². The molecule has 4 heteroatoms. The monoisotopic (exact) mass is 312 g/mol. The summed E-state index contributed by atoms with van der Waals surface area (Å²) in [6.45, 7) is 4.00. The first-order valence-electron chi connectivity index (χ1n) is 8.60. The van der Waals surface area contributed by atoms with Crippen LogP contribution in [0.25, 0.3) is 0 Å². The Morgan fingerprint density at radius 1 is 1.35 bits per heavy atom. The highest BCUT2D eigenvalue weighted by molar-refractivity contribution is 6.11. The molecular weight excluding hydrogens is 288 g/mol. The molecule has 1 fully saturated rings. The van der Waals surface area contributed by atoms with Gasteiger partial charge in [-0.3, -0.25) is 9.59 Å². The van der Waals surface area contributed by atoms with Gasteiger partial charge >= 0.3 is 0 Å². The first-order chi connectivity index (χ1) is 11.1. The number of hydrogen-bond donors (Lipinski definition) is 1. The lowest BCUT2D eigenvalue weighted by molar-refractivity contribution is -0.119. The second-order valence-electron chi connectivity index (χ2n) is 6.69. The molecule has 2 aliphatic carbocycles. The van der Waals surface area contributed by atoms with Gasteiger partial charge in [-0.2, -0.15) is 0 Å². The minimum absolute atomic E-state index is 0.0283. The third-order valence-corrected chi connectivity index (χ3v) is 5.12. The summed E-state index contributed by atoms with van der Waals surface area (Å²) in [6.07, 6.45) is 11.8. The van der Waals surface area contributed by atoms with Crippen LogP contribution in [0.4, 0.5) is 0 Å². The third-order valence-electron chi connectivity index (χ3n) is 5.12. The highest BCUT2D eigenvalue weighted by atomic mass is 16.2. The second-order valence-corrected chi connectivity index (χ2v) is 6.69. The molecule has 0 aromatic rings. The third kappa shape index (κ3) is 3.36. The quantitative estimate of drug-likeness (QED) is 0.867. The van der Waals surface area contributed by atoms with E-state index >= 15 is 0 Å². The fraction of sp³-hybridized carbons (Fsp3) is 0.526. The van der Waals surface area contributed by atoms with Gasteiger partial charge in [-0.15, -0.1) is 0 Å². The highest BCUT2D eigenvalue weighted by Crippen LogP contribution is 2.31. The van der Waals surface area contributed by atoms with Crippen molar-refractivity contribution in [3.8, 4) is 0 Å². The van der Waals surface area contributed by atoms with Gasteiger partial charge in [0, 0.05) is 23.6 Å². The fourth-order valence-electron chi connectivity index (χ4n) is 3.82. The Labute approximate surface area is 137 Å². The van der Waals surface area contributed by atoms with Crippen molar-refractivity contribution >= 4 is 17.5 Å². The molecule has 1 aliphatic heterocycles. The first-order valence-corrected chi connectivity index (χ1v) is 8.60. The molecule has 1 unspecified atom stereocenters. The number of nitrogens with one attached hydrogen (secondary N) is 1. The zero-order chi connectivity index (χ0) is 16.4. The highest BCUT2D eigenvalue weighted by Gasteiger charge is 2.28. The van der Waals surface area contributed by atoms with E-state index in [9.17, 15) is 9.59 Å². The van der Waals surface area contributed by atoms with Gasteiger partial charge in [-0.1, -0.05) is 31.4 Å². The van der Waals surface area contributed by atoms with E-state index in [4.69, 9.17) is 0 Å². The Morgan fingerprint density at radius 3 is 2.78 bits per heavy atom. The molecule has 2 amide bonds. The number of amides is 2. The molecule has 1 N–H and O–H groups in total. The van der Waals surface area contributed by atoms with E-state index < -0.39 is 0 Å². The molecule has 1 saturated carbocycles. The maximum Gasteiger partial charge on any atom is 0.251 e. The van der Waals surface area contributed by atoms with E-state index in [0.29, 0.717) is 18.1 Å². The van der Waals surface area contributed by atoms with Gasteiger partial charge in [0.05, 0.1) is 5.71 Å². The number of fused-ring (bicyclic) bond motifs is 1. The van der Waals surface area contributed by atoms with Gasteiger partial charge in [0.15, 0.2) is 0 Å². The molecule has 3 rings (SSSR count). The lowest BCUT2D eigenvalue weighted by atomic mass is 9.84. The van der Waals surface area contributed by atoms with Crippen molar-refractivity contribution in [2.45, 2.75) is 52.4 Å². The van der Waals surface area contributed by atoms with Crippen molar-refractivity contribution in [1.29, 1.82) is 0 Å². The van der Waals surface area contributed by atoms with Crippen LogP contribution in [0.3, 0.4) is 0 Å². The van der Waals surface area contributed by atoms with Crippen molar-refractivity contribution in [1.82, 2.24) is 5.32 Å². The van der Waals surface area contributed by atoms with Crippen molar-refractivity contribution in [2.75, 3.05) is 0 Å². The molecule has 4 nitrogen and oxygen atoms in total. The molecule has 3 aliphatic rings. The molecule has 122 valence electrons. The SMILES string of the molecule is CCC1=C(C)C2C=CC(=NC(=O)CC3CCCC3)C=C2NC1=O. The number of carbonyl (C=O) groups is 2. The lowest BCUT2D eigenvalue weighted by Gasteiger charge is -2.29. The molecule has 23 heavy (non-hydrogen) atoms. The summed E-state index contributed by atoms with van der Waals surface area (Å²) >= 11 is 0. The maximum absolute atomic E-state index is 12.1. The van der Waals surface area contributed by atoms with Crippen LogP contribution in [0.5, 0.6) is 0 Å². The zero-order valence-corrected chi connectivity index (χ0v) is 13.9. The number of rotatable bonds is 3. The van der Waals surface area contributed by atoms with Crippen LogP contribution < -0.4 is 5.32 Å². The largest absolute Gasteiger partial charge is 0.325 e. The first kappa shape index (κ1) is 15.9. The topological polar surface area (TPSA) is 58.5 Å². The van der Waals surface area contributed by atoms with Crippen molar-refractivity contribution in [3.63, 3.8) is 0 Å². The number of nitrogens with zero attached hydrogens (tertiary/aromatic N) is 1. The van der Waals surface area contributed by atoms with Crippen LogP contribution in [-0.4, -0.2) is 17.5 Å². The van der Waals surface area contributed by atoms with E-state index in [2.05, 4.69) is 10.3 Å². The Bertz CT molecular complexity index is 646. The van der Waals surface area contributed by atoms with E-state index in [1.807, 2.05) is 32.1 Å². The van der Waals surface area contributed by atoms with E-state index in [1.165, 1.54) is 12.8 Å². The van der Waals surface area contributed by atoms with Crippen LogP contribution in [0.2, 0.25) is 0 Å². The molecular formula is C19H24N2O2. The lowest BCUT2D eigenvalue weighted by Crippen LogP contribution is -2.36. The summed E-state index contributed by atoms with van der Waals surface area (Å²) in [7, 11) is 0. The Hall–Kier alpha value is -1.97. The van der Waals surface area contributed by atoms with E-state index in [-0.39, 0.29) is 17.7 Å². The van der Waals surface area contributed by atoms with Gasteiger partial charge in [0.25, 0.3) is 5.91 Å². The molecule has 0 aromatic carbocycles. The minimum Gasteiger partial charge on any atom is -0.325 e. The second kappa shape index (κ2) is 6.65.